The van der Waals surface area contributed by atoms with Gasteiger partial charge in [-0.25, -0.2) is 0 Å². The third-order valence-electron chi connectivity index (χ3n) is 2.66. The second-order valence-corrected chi connectivity index (χ2v) is 4.29. The number of rotatable bonds is 5. The van der Waals surface area contributed by atoms with Crippen LogP contribution in [0.5, 0.6) is 5.75 Å². The van der Waals surface area contributed by atoms with Crippen LogP contribution in [0.3, 0.4) is 0 Å². The highest BCUT2D eigenvalue weighted by Crippen LogP contribution is 2.19. The van der Waals surface area contributed by atoms with Crippen LogP contribution < -0.4 is 10.1 Å². The van der Waals surface area contributed by atoms with Crippen LogP contribution in [0.1, 0.15) is 5.56 Å². The molecule has 0 atom stereocenters. The molecule has 1 heterocycles. The van der Waals surface area contributed by atoms with Gasteiger partial charge in [0.15, 0.2) is 0 Å². The minimum Gasteiger partial charge on any atom is -0.497 e. The average molecular weight is 263 g/mol. The Morgan fingerprint density at radius 3 is 2.67 bits per heavy atom. The number of hydrogen-bond donors (Lipinski definition) is 1. The zero-order valence-electron chi connectivity index (χ0n) is 10.2. The predicted octanol–water partition coefficient (Wildman–Crippen LogP) is 3.40. The van der Waals surface area contributed by atoms with Gasteiger partial charge in [-0.3, -0.25) is 4.98 Å². The molecule has 0 aliphatic carbocycles. The maximum absolute atomic E-state index is 6.00. The summed E-state index contributed by atoms with van der Waals surface area (Å²) in [5, 5.41) is 3.93. The van der Waals surface area contributed by atoms with E-state index in [0.29, 0.717) is 5.02 Å². The molecule has 2 rings (SSSR count). The lowest BCUT2D eigenvalue weighted by Crippen LogP contribution is -2.05. The number of aromatic nitrogens is 1. The van der Waals surface area contributed by atoms with E-state index in [2.05, 4.69) is 22.4 Å². The number of benzene rings is 1. The van der Waals surface area contributed by atoms with E-state index in [1.54, 1.807) is 19.5 Å². The number of halogens is 1. The average Bonchev–Trinajstić information content (AvgIpc) is 2.42. The van der Waals surface area contributed by atoms with Gasteiger partial charge in [0.1, 0.15) is 5.75 Å². The van der Waals surface area contributed by atoms with Gasteiger partial charge in [-0.15, -0.1) is 0 Å². The van der Waals surface area contributed by atoms with Crippen LogP contribution in [0, 0.1) is 0 Å². The largest absolute Gasteiger partial charge is 0.497 e. The van der Waals surface area contributed by atoms with Gasteiger partial charge in [0.05, 0.1) is 17.8 Å². The van der Waals surface area contributed by atoms with E-state index in [-0.39, 0.29) is 0 Å². The Kier molecular flexibility index (Phi) is 4.42. The smallest absolute Gasteiger partial charge is 0.118 e. The summed E-state index contributed by atoms with van der Waals surface area (Å²) >= 11 is 6.00. The molecule has 0 saturated carbocycles. The highest BCUT2D eigenvalue weighted by Gasteiger charge is 1.99. The topological polar surface area (TPSA) is 34.1 Å². The maximum atomic E-state index is 6.00. The summed E-state index contributed by atoms with van der Waals surface area (Å²) in [6, 6.07) is 9.93. The highest BCUT2D eigenvalue weighted by atomic mass is 35.5. The maximum Gasteiger partial charge on any atom is 0.118 e. The Balaban J connectivity index is 1.86. The Morgan fingerprint density at radius 2 is 2.00 bits per heavy atom. The number of nitrogens with one attached hydrogen (secondary N) is 1. The van der Waals surface area contributed by atoms with Crippen molar-refractivity contribution in [1.82, 2.24) is 4.98 Å². The van der Waals surface area contributed by atoms with Gasteiger partial charge < -0.3 is 10.1 Å². The minimum absolute atomic E-state index is 0.646. The third-order valence-corrected chi connectivity index (χ3v) is 2.96. The van der Waals surface area contributed by atoms with Crippen molar-refractivity contribution >= 4 is 17.3 Å². The van der Waals surface area contributed by atoms with Crippen LogP contribution >= 0.6 is 11.6 Å². The zero-order valence-corrected chi connectivity index (χ0v) is 10.9. The Bertz CT molecular complexity index is 499. The lowest BCUT2D eigenvalue weighted by molar-refractivity contribution is 0.414. The van der Waals surface area contributed by atoms with Crippen LogP contribution in [-0.4, -0.2) is 18.6 Å². The van der Waals surface area contributed by atoms with Gasteiger partial charge in [-0.05, 0) is 30.2 Å². The highest BCUT2D eigenvalue weighted by molar-refractivity contribution is 6.33. The fraction of sp³-hybridized carbons (Fsp3) is 0.214. The molecule has 0 spiro atoms. The number of ether oxygens (including phenoxy) is 1. The number of pyridine rings is 1. The summed E-state index contributed by atoms with van der Waals surface area (Å²) in [5.74, 6) is 0.879. The van der Waals surface area contributed by atoms with Crippen molar-refractivity contribution in [1.29, 1.82) is 0 Å². The third kappa shape index (κ3) is 3.37. The molecule has 4 heteroatoms. The first kappa shape index (κ1) is 12.7. The fourth-order valence-electron chi connectivity index (χ4n) is 1.65. The van der Waals surface area contributed by atoms with E-state index in [0.717, 1.165) is 24.4 Å². The monoisotopic (exact) mass is 262 g/mol. The molecule has 1 N–H and O–H groups in total. The zero-order chi connectivity index (χ0) is 12.8. The van der Waals surface area contributed by atoms with Crippen molar-refractivity contribution in [2.45, 2.75) is 6.42 Å². The molecule has 0 bridgehead atoms. The Morgan fingerprint density at radius 1 is 1.22 bits per heavy atom. The molecule has 3 nitrogen and oxygen atoms in total. The molecule has 0 aliphatic rings. The summed E-state index contributed by atoms with van der Waals surface area (Å²) in [6.45, 7) is 0.829. The number of methoxy groups -OCH3 is 1. The van der Waals surface area contributed by atoms with Gasteiger partial charge in [-0.1, -0.05) is 23.7 Å². The van der Waals surface area contributed by atoms with Crippen LogP contribution in [0.2, 0.25) is 5.02 Å². The number of nitrogens with zero attached hydrogens (tertiary/aromatic N) is 1. The molecule has 0 amide bonds. The van der Waals surface area contributed by atoms with E-state index in [4.69, 9.17) is 16.3 Å². The van der Waals surface area contributed by atoms with Gasteiger partial charge >= 0.3 is 0 Å². The Labute approximate surface area is 112 Å². The molecule has 0 radical (unpaired) electrons. The second-order valence-electron chi connectivity index (χ2n) is 3.88. The molecule has 1 aromatic heterocycles. The summed E-state index contributed by atoms with van der Waals surface area (Å²) in [6.07, 6.45) is 4.29. The van der Waals surface area contributed by atoms with Gasteiger partial charge in [-0.2, -0.15) is 0 Å². The molecule has 0 unspecified atom stereocenters. The Hall–Kier alpha value is -1.74. The van der Waals surface area contributed by atoms with Crippen molar-refractivity contribution in [3.63, 3.8) is 0 Å². The van der Waals surface area contributed by atoms with Crippen molar-refractivity contribution < 1.29 is 4.74 Å². The first-order chi connectivity index (χ1) is 8.79. The molecule has 0 aliphatic heterocycles. The summed E-state index contributed by atoms with van der Waals surface area (Å²) in [7, 11) is 1.67. The van der Waals surface area contributed by atoms with E-state index in [1.807, 2.05) is 18.2 Å². The number of hydrogen-bond acceptors (Lipinski definition) is 3. The lowest BCUT2D eigenvalue weighted by Gasteiger charge is -2.08. The first-order valence-electron chi connectivity index (χ1n) is 5.76. The molecule has 2 aromatic rings. The van der Waals surface area contributed by atoms with E-state index in [1.165, 1.54) is 5.56 Å². The summed E-state index contributed by atoms with van der Waals surface area (Å²) < 4.78 is 5.12. The second kappa shape index (κ2) is 6.26. The van der Waals surface area contributed by atoms with Gasteiger partial charge in [0.2, 0.25) is 0 Å². The lowest BCUT2D eigenvalue weighted by atomic mass is 10.1. The van der Waals surface area contributed by atoms with Crippen molar-refractivity contribution in [3.05, 3.63) is 53.3 Å². The first-order valence-corrected chi connectivity index (χ1v) is 6.13. The van der Waals surface area contributed by atoms with E-state index in [9.17, 15) is 0 Å². The predicted molar refractivity (Wildman–Crippen MR) is 74.4 cm³/mol. The van der Waals surface area contributed by atoms with E-state index >= 15 is 0 Å². The van der Waals surface area contributed by atoms with Crippen molar-refractivity contribution in [3.8, 4) is 5.75 Å². The molecular weight excluding hydrogens is 248 g/mol. The molecule has 0 saturated heterocycles. The van der Waals surface area contributed by atoms with Gasteiger partial charge in [0, 0.05) is 18.9 Å². The van der Waals surface area contributed by atoms with Crippen molar-refractivity contribution in [2.75, 3.05) is 19.0 Å². The van der Waals surface area contributed by atoms with Crippen LogP contribution in [0.25, 0.3) is 0 Å². The fourth-order valence-corrected chi connectivity index (χ4v) is 1.84. The molecular formula is C14H15ClN2O. The minimum atomic E-state index is 0.646. The van der Waals surface area contributed by atoms with E-state index < -0.39 is 0 Å². The standard InChI is InChI=1S/C14H15ClN2O/c1-18-12-4-2-11(3-5-12)6-9-17-14-7-8-16-10-13(14)15/h2-5,7-8,10H,6,9H2,1H3,(H,16,17). The summed E-state index contributed by atoms with van der Waals surface area (Å²) in [5.41, 5.74) is 2.17. The SMILES string of the molecule is COc1ccc(CCNc2ccncc2Cl)cc1. The van der Waals surface area contributed by atoms with Crippen LogP contribution in [-0.2, 0) is 6.42 Å². The number of anilines is 1. The molecule has 18 heavy (non-hydrogen) atoms. The van der Waals surface area contributed by atoms with Crippen LogP contribution in [0.15, 0.2) is 42.7 Å². The summed E-state index contributed by atoms with van der Waals surface area (Å²) in [4.78, 5) is 3.94. The van der Waals surface area contributed by atoms with Gasteiger partial charge in [0.25, 0.3) is 0 Å². The molecule has 1 aromatic carbocycles. The van der Waals surface area contributed by atoms with Crippen LogP contribution in [0.4, 0.5) is 5.69 Å². The normalized spacial score (nSPS) is 10.1. The van der Waals surface area contributed by atoms with Crippen molar-refractivity contribution in [2.24, 2.45) is 0 Å². The molecule has 94 valence electrons. The molecule has 0 fully saturated rings. The quantitative estimate of drug-likeness (QED) is 0.897.